The molecule has 0 nitrogen and oxygen atoms in total. The van der Waals surface area contributed by atoms with Gasteiger partial charge in [0.25, 0.3) is 0 Å². The first-order valence-electron chi connectivity index (χ1n) is 2.05. The number of fused-ring (bicyclic) bond motifs is 1. The Hall–Kier alpha value is 0.340. The normalized spacial score (nSPS) is 52.0. The maximum absolute atomic E-state index is 2.31. The van der Waals surface area contributed by atoms with Gasteiger partial charge in [-0.3, -0.25) is 0 Å². The predicted octanol–water partition coefficient (Wildman–Crippen LogP) is 2.11. The number of hydrogen-bond acceptors (Lipinski definition) is 0. The Bertz CT molecular complexity index is 97.5. The van der Waals surface area contributed by atoms with Crippen LogP contribution in [-0.4, -0.2) is 11.3 Å². The van der Waals surface area contributed by atoms with Gasteiger partial charge in [-0.15, -0.1) is 0 Å². The lowest BCUT2D eigenvalue weighted by Crippen LogP contribution is -2.22. The van der Waals surface area contributed by atoms with E-state index < -0.39 is 0 Å². The Morgan fingerprint density at radius 3 is 1.50 bits per heavy atom. The van der Waals surface area contributed by atoms with Crippen LogP contribution in [0.3, 0.4) is 0 Å². The summed E-state index contributed by atoms with van der Waals surface area (Å²) in [5.41, 5.74) is 1.98. The van der Waals surface area contributed by atoms with E-state index in [2.05, 4.69) is 12.2 Å². The van der Waals surface area contributed by atoms with E-state index in [9.17, 15) is 0 Å². The van der Waals surface area contributed by atoms with Gasteiger partial charge in [0.05, 0.1) is 0 Å². The molecule has 0 saturated heterocycles. The molecule has 2 atom stereocenters. The Labute approximate surface area is 40.1 Å². The van der Waals surface area contributed by atoms with Crippen LogP contribution in [0.25, 0.3) is 0 Å². The quantitative estimate of drug-likeness (QED) is 0.334. The van der Waals surface area contributed by atoms with E-state index in [0.717, 1.165) is 11.3 Å². The van der Waals surface area contributed by atoms with Crippen LogP contribution in [0.15, 0.2) is 12.2 Å². The van der Waals surface area contributed by atoms with E-state index in [4.69, 9.17) is 0 Å². The lowest BCUT2D eigenvalue weighted by molar-refractivity contribution is 0.990. The molecule has 2 unspecified atom stereocenters. The molecule has 2 rings (SSSR count). The first-order valence-corrected chi connectivity index (χ1v) is 4.68. The maximum atomic E-state index is 2.31. The molecule has 6 heavy (non-hydrogen) atoms. The Balaban J connectivity index is 2.40. The summed E-state index contributed by atoms with van der Waals surface area (Å²) in [6.45, 7) is 0. The third kappa shape index (κ3) is 0.235. The molecule has 0 fully saturated rings. The summed E-state index contributed by atoms with van der Waals surface area (Å²) in [5.74, 6) is 0. The van der Waals surface area contributed by atoms with Crippen molar-refractivity contribution >= 4 is 15.7 Å². The molecular weight excluding hydrogens is 110 g/mol. The van der Waals surface area contributed by atoms with E-state index in [-0.39, 0.29) is 0 Å². The molecule has 0 saturated carbocycles. The molecule has 0 N–H and O–H groups in total. The largest absolute Gasteiger partial charge is 0.0746 e. The zero-order valence-electron chi connectivity index (χ0n) is 3.20. The fraction of sp³-hybridized carbons (Fsp3) is 0.500. The smallest absolute Gasteiger partial charge is 0.0371 e. The van der Waals surface area contributed by atoms with Crippen molar-refractivity contribution in [2.24, 2.45) is 0 Å². The summed E-state index contributed by atoms with van der Waals surface area (Å²) in [7, 11) is 3.29. The van der Waals surface area contributed by atoms with E-state index in [1.807, 2.05) is 0 Å². The van der Waals surface area contributed by atoms with E-state index in [0.29, 0.717) is 0 Å². The van der Waals surface area contributed by atoms with Crippen molar-refractivity contribution in [3.8, 4) is 0 Å². The molecule has 0 spiro atoms. The Morgan fingerprint density at radius 2 is 1.50 bits per heavy atom. The molecule has 0 aromatic carbocycles. The molecule has 1 heterocycles. The maximum Gasteiger partial charge on any atom is 0.0371 e. The van der Waals surface area contributed by atoms with Crippen LogP contribution in [0.4, 0.5) is 0 Å². The van der Waals surface area contributed by atoms with Crippen molar-refractivity contribution < 1.29 is 0 Å². The van der Waals surface area contributed by atoms with Gasteiger partial charge in [-0.05, 0) is 0 Å². The minimum Gasteiger partial charge on any atom is -0.0746 e. The Morgan fingerprint density at radius 1 is 1.00 bits per heavy atom. The van der Waals surface area contributed by atoms with Gasteiger partial charge in [0.2, 0.25) is 0 Å². The number of rotatable bonds is 0. The highest BCUT2D eigenvalue weighted by Gasteiger charge is 2.27. The van der Waals surface area contributed by atoms with Crippen LogP contribution in [0.1, 0.15) is 0 Å². The monoisotopic (exact) mass is 114 g/mol. The molecule has 1 aliphatic heterocycles. The van der Waals surface area contributed by atoms with Gasteiger partial charge in [0.15, 0.2) is 0 Å². The van der Waals surface area contributed by atoms with Crippen molar-refractivity contribution in [1.29, 1.82) is 0 Å². The van der Waals surface area contributed by atoms with Crippen molar-refractivity contribution in [3.63, 3.8) is 0 Å². The van der Waals surface area contributed by atoms with Crippen LogP contribution in [0, 0.1) is 0 Å². The van der Waals surface area contributed by atoms with E-state index >= 15 is 0 Å². The van der Waals surface area contributed by atoms with Crippen LogP contribution < -0.4 is 0 Å². The average molecular weight is 114 g/mol. The van der Waals surface area contributed by atoms with Gasteiger partial charge in [0.1, 0.15) is 0 Å². The van der Waals surface area contributed by atoms with E-state index in [1.54, 1.807) is 15.7 Å². The molecule has 2 heteroatoms. The van der Waals surface area contributed by atoms with Gasteiger partial charge in [-0.1, -0.05) is 27.9 Å². The summed E-state index contributed by atoms with van der Waals surface area (Å²) < 4.78 is 0. The average Bonchev–Trinajstić information content (AvgIpc) is 1.54. The minimum absolute atomic E-state index is 0.992. The zero-order chi connectivity index (χ0) is 3.98. The molecule has 2 aliphatic rings. The molecular formula is C4H4P2. The summed E-state index contributed by atoms with van der Waals surface area (Å²) in [4.78, 5) is 0. The second-order valence-electron chi connectivity index (χ2n) is 1.60. The van der Waals surface area contributed by atoms with Crippen molar-refractivity contribution in [2.75, 3.05) is 0 Å². The lowest BCUT2D eigenvalue weighted by atomic mass is 10.1. The van der Waals surface area contributed by atoms with Crippen molar-refractivity contribution in [2.45, 2.75) is 11.3 Å². The lowest BCUT2D eigenvalue weighted by Gasteiger charge is -2.29. The fourth-order valence-corrected chi connectivity index (χ4v) is 3.39. The predicted molar refractivity (Wildman–Crippen MR) is 30.6 cm³/mol. The highest BCUT2D eigenvalue weighted by Crippen LogP contribution is 2.49. The molecule has 1 aliphatic carbocycles. The highest BCUT2D eigenvalue weighted by molar-refractivity contribution is 7.89. The van der Waals surface area contributed by atoms with Crippen LogP contribution in [-0.2, 0) is 0 Å². The van der Waals surface area contributed by atoms with E-state index in [1.165, 1.54) is 0 Å². The van der Waals surface area contributed by atoms with Crippen LogP contribution in [0.2, 0.25) is 0 Å². The standard InChI is InChI=1S/C4H4P2/c1-2-4-3(1)5-6-4/h1-4H. The number of allylic oxidation sites excluding steroid dienone is 2. The van der Waals surface area contributed by atoms with Crippen molar-refractivity contribution in [3.05, 3.63) is 12.2 Å². The minimum atomic E-state index is 0.992. The molecule has 0 aromatic heterocycles. The Kier molecular flexibility index (Phi) is 0.526. The first-order chi connectivity index (χ1) is 2.97. The second-order valence-corrected chi connectivity index (χ2v) is 4.64. The first kappa shape index (κ1) is 3.36. The topological polar surface area (TPSA) is 0 Å². The van der Waals surface area contributed by atoms with Gasteiger partial charge < -0.3 is 0 Å². The van der Waals surface area contributed by atoms with Gasteiger partial charge in [0, 0.05) is 11.3 Å². The SMILES string of the molecule is C1=CC2P=PC12. The molecule has 0 amide bonds. The molecule has 0 radical (unpaired) electrons. The highest BCUT2D eigenvalue weighted by atomic mass is 31.7. The van der Waals surface area contributed by atoms with Gasteiger partial charge >= 0.3 is 0 Å². The van der Waals surface area contributed by atoms with Crippen LogP contribution >= 0.6 is 15.7 Å². The summed E-state index contributed by atoms with van der Waals surface area (Å²) in [5, 5.41) is 0. The second kappa shape index (κ2) is 0.941. The molecule has 0 bridgehead atoms. The fourth-order valence-electron chi connectivity index (χ4n) is 0.607. The van der Waals surface area contributed by atoms with Crippen LogP contribution in [0.5, 0.6) is 0 Å². The third-order valence-corrected chi connectivity index (χ3v) is 5.08. The molecule has 0 aromatic rings. The summed E-state index contributed by atoms with van der Waals surface area (Å²) in [6, 6.07) is 0. The summed E-state index contributed by atoms with van der Waals surface area (Å²) in [6.07, 6.45) is 4.62. The number of hydrogen-bond donors (Lipinski definition) is 0. The third-order valence-electron chi connectivity index (χ3n) is 1.19. The summed E-state index contributed by atoms with van der Waals surface area (Å²) >= 11 is 0. The van der Waals surface area contributed by atoms with Gasteiger partial charge in [-0.25, -0.2) is 0 Å². The molecule has 30 valence electrons. The van der Waals surface area contributed by atoms with Crippen molar-refractivity contribution in [1.82, 2.24) is 0 Å². The van der Waals surface area contributed by atoms with Gasteiger partial charge in [-0.2, -0.15) is 0 Å². The zero-order valence-corrected chi connectivity index (χ0v) is 4.99.